The molecule has 0 aliphatic carbocycles. The van der Waals surface area contributed by atoms with Crippen LogP contribution in [0.3, 0.4) is 0 Å². The minimum Gasteiger partial charge on any atom is -0.312 e. The van der Waals surface area contributed by atoms with Crippen molar-refractivity contribution >= 4 is 11.3 Å². The molecule has 4 heteroatoms. The molecule has 0 spiro atoms. The molecule has 0 saturated carbocycles. The molecule has 2 heterocycles. The molecule has 0 bridgehead atoms. The van der Waals surface area contributed by atoms with Gasteiger partial charge in [-0.25, -0.2) is 4.98 Å². The van der Waals surface area contributed by atoms with Crippen molar-refractivity contribution < 1.29 is 0 Å². The number of piperidine rings is 1. The number of nitrogens with zero attached hydrogens (tertiary/aromatic N) is 1. The third-order valence-electron chi connectivity index (χ3n) is 3.97. The maximum absolute atomic E-state index is 4.55. The SMILES string of the molecule is Cc1csc(C(C)NCC2NCCCC2(C)C)n1. The van der Waals surface area contributed by atoms with Gasteiger partial charge >= 0.3 is 0 Å². The normalized spacial score (nSPS) is 25.0. The summed E-state index contributed by atoms with van der Waals surface area (Å²) in [6.45, 7) is 11.2. The number of aryl methyl sites for hydroxylation is 1. The third-order valence-corrected chi connectivity index (χ3v) is 5.11. The summed E-state index contributed by atoms with van der Waals surface area (Å²) in [5.41, 5.74) is 1.52. The highest BCUT2D eigenvalue weighted by Crippen LogP contribution is 2.30. The number of thiazole rings is 1. The van der Waals surface area contributed by atoms with E-state index in [-0.39, 0.29) is 0 Å². The van der Waals surface area contributed by atoms with Crippen LogP contribution in [0.25, 0.3) is 0 Å². The van der Waals surface area contributed by atoms with Crippen molar-refractivity contribution in [2.24, 2.45) is 5.41 Å². The van der Waals surface area contributed by atoms with Gasteiger partial charge in [-0.1, -0.05) is 13.8 Å². The topological polar surface area (TPSA) is 37.0 Å². The molecular weight excluding hydrogens is 242 g/mol. The molecule has 0 aromatic carbocycles. The summed E-state index contributed by atoms with van der Waals surface area (Å²) in [5.74, 6) is 0. The highest BCUT2D eigenvalue weighted by Gasteiger charge is 2.31. The Morgan fingerprint density at radius 1 is 1.61 bits per heavy atom. The summed E-state index contributed by atoms with van der Waals surface area (Å²) in [6.07, 6.45) is 2.61. The largest absolute Gasteiger partial charge is 0.312 e. The Bertz CT molecular complexity index is 386. The summed E-state index contributed by atoms with van der Waals surface area (Å²) >= 11 is 1.75. The molecule has 102 valence electrons. The Balaban J connectivity index is 1.87. The summed E-state index contributed by atoms with van der Waals surface area (Å²) in [6, 6.07) is 0.915. The molecule has 1 aromatic heterocycles. The first kappa shape index (κ1) is 14.0. The number of rotatable bonds is 4. The third kappa shape index (κ3) is 3.31. The van der Waals surface area contributed by atoms with E-state index in [1.165, 1.54) is 17.8 Å². The number of hydrogen-bond donors (Lipinski definition) is 2. The molecule has 2 atom stereocenters. The molecule has 2 unspecified atom stereocenters. The Morgan fingerprint density at radius 3 is 3.00 bits per heavy atom. The van der Waals surface area contributed by atoms with E-state index in [2.05, 4.69) is 48.7 Å². The minimum absolute atomic E-state index is 0.350. The molecule has 1 aliphatic heterocycles. The first-order valence-electron chi connectivity index (χ1n) is 6.88. The van der Waals surface area contributed by atoms with Crippen molar-refractivity contribution in [2.45, 2.75) is 52.6 Å². The van der Waals surface area contributed by atoms with Crippen LogP contribution >= 0.6 is 11.3 Å². The monoisotopic (exact) mass is 267 g/mol. The second-order valence-electron chi connectivity index (χ2n) is 6.06. The molecule has 18 heavy (non-hydrogen) atoms. The summed E-state index contributed by atoms with van der Waals surface area (Å²) in [7, 11) is 0. The first-order valence-corrected chi connectivity index (χ1v) is 7.76. The average Bonchev–Trinajstić information content (AvgIpc) is 2.73. The zero-order valence-corrected chi connectivity index (χ0v) is 12.7. The first-order chi connectivity index (χ1) is 8.49. The van der Waals surface area contributed by atoms with Crippen LogP contribution in [-0.2, 0) is 0 Å². The van der Waals surface area contributed by atoms with E-state index in [1.807, 2.05) is 0 Å². The zero-order chi connectivity index (χ0) is 13.2. The van der Waals surface area contributed by atoms with Gasteiger partial charge in [0.25, 0.3) is 0 Å². The van der Waals surface area contributed by atoms with E-state index in [4.69, 9.17) is 0 Å². The Kier molecular flexibility index (Phi) is 4.41. The van der Waals surface area contributed by atoms with Crippen molar-refractivity contribution in [3.8, 4) is 0 Å². The smallest absolute Gasteiger partial charge is 0.110 e. The van der Waals surface area contributed by atoms with Crippen LogP contribution in [-0.4, -0.2) is 24.1 Å². The van der Waals surface area contributed by atoms with E-state index >= 15 is 0 Å². The highest BCUT2D eigenvalue weighted by atomic mass is 32.1. The van der Waals surface area contributed by atoms with Crippen LogP contribution < -0.4 is 10.6 Å². The van der Waals surface area contributed by atoms with Crippen molar-refractivity contribution in [1.29, 1.82) is 0 Å². The Morgan fingerprint density at radius 2 is 2.39 bits per heavy atom. The molecule has 2 rings (SSSR count). The van der Waals surface area contributed by atoms with E-state index in [9.17, 15) is 0 Å². The van der Waals surface area contributed by atoms with Crippen molar-refractivity contribution in [2.75, 3.05) is 13.1 Å². The van der Waals surface area contributed by atoms with Crippen LogP contribution in [0.4, 0.5) is 0 Å². The van der Waals surface area contributed by atoms with Gasteiger partial charge in [-0.15, -0.1) is 11.3 Å². The van der Waals surface area contributed by atoms with Gasteiger partial charge in [0, 0.05) is 23.7 Å². The average molecular weight is 267 g/mol. The van der Waals surface area contributed by atoms with Gasteiger partial charge in [0.15, 0.2) is 0 Å². The maximum Gasteiger partial charge on any atom is 0.110 e. The van der Waals surface area contributed by atoms with Crippen molar-refractivity contribution in [3.63, 3.8) is 0 Å². The lowest BCUT2D eigenvalue weighted by Gasteiger charge is -2.40. The summed E-state index contributed by atoms with van der Waals surface area (Å²) in [5, 5.41) is 10.6. The molecule has 0 radical (unpaired) electrons. The predicted molar refractivity (Wildman–Crippen MR) is 78.1 cm³/mol. The molecule has 1 fully saturated rings. The predicted octanol–water partition coefficient (Wildman–Crippen LogP) is 2.88. The van der Waals surface area contributed by atoms with Crippen LogP contribution in [0, 0.1) is 12.3 Å². The lowest BCUT2D eigenvalue weighted by molar-refractivity contribution is 0.173. The minimum atomic E-state index is 0.350. The summed E-state index contributed by atoms with van der Waals surface area (Å²) < 4.78 is 0. The van der Waals surface area contributed by atoms with Crippen LogP contribution in [0.15, 0.2) is 5.38 Å². The van der Waals surface area contributed by atoms with Gasteiger partial charge in [0.2, 0.25) is 0 Å². The molecular formula is C14H25N3S. The second-order valence-corrected chi connectivity index (χ2v) is 6.95. The number of nitrogens with one attached hydrogen (secondary N) is 2. The van der Waals surface area contributed by atoms with Gasteiger partial charge in [-0.2, -0.15) is 0 Å². The molecule has 3 nitrogen and oxygen atoms in total. The van der Waals surface area contributed by atoms with Crippen molar-refractivity contribution in [3.05, 3.63) is 16.1 Å². The molecule has 0 amide bonds. The molecule has 1 aromatic rings. The zero-order valence-electron chi connectivity index (χ0n) is 11.9. The van der Waals surface area contributed by atoms with E-state index in [0.717, 1.165) is 18.8 Å². The van der Waals surface area contributed by atoms with Gasteiger partial charge in [-0.3, -0.25) is 0 Å². The summed E-state index contributed by atoms with van der Waals surface area (Å²) in [4.78, 5) is 4.55. The lowest BCUT2D eigenvalue weighted by atomic mass is 9.77. The highest BCUT2D eigenvalue weighted by molar-refractivity contribution is 7.09. The molecule has 2 N–H and O–H groups in total. The Labute approximate surface area is 114 Å². The standard InChI is InChI=1S/C14H25N3S/c1-10-9-18-13(17-10)11(2)16-8-12-14(3,4)6-5-7-15-12/h9,11-12,15-16H,5-8H2,1-4H3. The van der Waals surface area contributed by atoms with Gasteiger partial charge in [-0.05, 0) is 38.6 Å². The molecule has 1 saturated heterocycles. The fourth-order valence-electron chi connectivity index (χ4n) is 2.57. The van der Waals surface area contributed by atoms with E-state index < -0.39 is 0 Å². The lowest BCUT2D eigenvalue weighted by Crippen LogP contribution is -2.52. The fraction of sp³-hybridized carbons (Fsp3) is 0.786. The quantitative estimate of drug-likeness (QED) is 0.881. The van der Waals surface area contributed by atoms with E-state index in [1.54, 1.807) is 11.3 Å². The van der Waals surface area contributed by atoms with Gasteiger partial charge in [0.05, 0.1) is 6.04 Å². The number of aromatic nitrogens is 1. The van der Waals surface area contributed by atoms with Crippen LogP contribution in [0.2, 0.25) is 0 Å². The van der Waals surface area contributed by atoms with E-state index in [0.29, 0.717) is 17.5 Å². The second kappa shape index (κ2) is 5.68. The van der Waals surface area contributed by atoms with Crippen molar-refractivity contribution in [1.82, 2.24) is 15.6 Å². The Hall–Kier alpha value is -0.450. The van der Waals surface area contributed by atoms with Gasteiger partial charge < -0.3 is 10.6 Å². The van der Waals surface area contributed by atoms with Crippen LogP contribution in [0.5, 0.6) is 0 Å². The fourth-order valence-corrected chi connectivity index (χ4v) is 3.40. The van der Waals surface area contributed by atoms with Crippen LogP contribution in [0.1, 0.15) is 50.4 Å². The number of hydrogen-bond acceptors (Lipinski definition) is 4. The maximum atomic E-state index is 4.55. The molecule has 1 aliphatic rings. The van der Waals surface area contributed by atoms with Gasteiger partial charge in [0.1, 0.15) is 5.01 Å².